The second kappa shape index (κ2) is 9.22. The Bertz CT molecular complexity index is 1100. The van der Waals surface area contributed by atoms with Crippen LogP contribution in [0.15, 0.2) is 72.8 Å². The minimum atomic E-state index is -0.970. The molecule has 4 rings (SSSR count). The Morgan fingerprint density at radius 2 is 1.84 bits per heavy atom. The van der Waals surface area contributed by atoms with Gasteiger partial charge < -0.3 is 16.4 Å². The monoisotopic (exact) mass is 434 g/mol. The van der Waals surface area contributed by atoms with Gasteiger partial charge in [0.05, 0.1) is 5.69 Å². The summed E-state index contributed by atoms with van der Waals surface area (Å²) >= 11 is 0. The van der Waals surface area contributed by atoms with Crippen molar-refractivity contribution >= 4 is 39.6 Å². The third-order valence-corrected chi connectivity index (χ3v) is 6.76. The maximum atomic E-state index is 13.2. The summed E-state index contributed by atoms with van der Waals surface area (Å²) in [6, 6.07) is 22.0. The number of aryl methyl sites for hydroxylation is 1. The standard InChI is InChI=1S/C24H26N4O2S/c1-17-15-21(11-12-22(17)28-13-6-14-31(28)30)27-24(29)23(18-7-3-2-4-8-18)26-20-10-5-9-19(25)16-20/h2-5,7-12,15-16,23,26H,6,13-14,25H2,1H3,(H,27,29). The van der Waals surface area contributed by atoms with Gasteiger partial charge in [-0.15, -0.1) is 0 Å². The average Bonchev–Trinajstić information content (AvgIpc) is 3.18. The van der Waals surface area contributed by atoms with E-state index in [0.717, 1.165) is 35.5 Å². The molecular weight excluding hydrogens is 408 g/mol. The average molecular weight is 435 g/mol. The maximum Gasteiger partial charge on any atom is 0.251 e. The Hall–Kier alpha value is -3.32. The highest BCUT2D eigenvalue weighted by atomic mass is 32.2. The second-order valence-electron chi connectivity index (χ2n) is 7.59. The summed E-state index contributed by atoms with van der Waals surface area (Å²) in [5.41, 5.74) is 10.8. The summed E-state index contributed by atoms with van der Waals surface area (Å²) in [6.07, 6.45) is 0.930. The van der Waals surface area contributed by atoms with E-state index in [1.807, 2.05) is 71.9 Å². The van der Waals surface area contributed by atoms with Crippen molar-refractivity contribution in [1.29, 1.82) is 0 Å². The molecular formula is C24H26N4O2S. The Morgan fingerprint density at radius 1 is 1.03 bits per heavy atom. The summed E-state index contributed by atoms with van der Waals surface area (Å²) in [4.78, 5) is 13.2. The molecule has 0 saturated carbocycles. The molecule has 4 N–H and O–H groups in total. The van der Waals surface area contributed by atoms with Crippen molar-refractivity contribution in [1.82, 2.24) is 0 Å². The molecule has 1 aliphatic heterocycles. The fraction of sp³-hybridized carbons (Fsp3) is 0.208. The molecule has 6 nitrogen and oxygen atoms in total. The number of rotatable bonds is 6. The summed E-state index contributed by atoms with van der Waals surface area (Å²) in [5, 5.41) is 6.31. The van der Waals surface area contributed by atoms with Crippen molar-refractivity contribution in [3.05, 3.63) is 83.9 Å². The van der Waals surface area contributed by atoms with Gasteiger partial charge in [-0.05, 0) is 60.9 Å². The Kier molecular flexibility index (Phi) is 6.23. The molecule has 0 bridgehead atoms. The molecule has 3 aromatic carbocycles. The van der Waals surface area contributed by atoms with Crippen LogP contribution in [0, 0.1) is 6.92 Å². The third kappa shape index (κ3) is 4.88. The number of carbonyl (C=O) groups is 1. The van der Waals surface area contributed by atoms with E-state index in [1.165, 1.54) is 0 Å². The number of benzene rings is 3. The zero-order valence-electron chi connectivity index (χ0n) is 17.4. The third-order valence-electron chi connectivity index (χ3n) is 5.25. The topological polar surface area (TPSA) is 87.5 Å². The van der Waals surface area contributed by atoms with Gasteiger partial charge in [0.2, 0.25) is 0 Å². The molecule has 31 heavy (non-hydrogen) atoms. The van der Waals surface area contributed by atoms with Gasteiger partial charge in [-0.25, -0.2) is 4.21 Å². The van der Waals surface area contributed by atoms with E-state index in [0.29, 0.717) is 17.1 Å². The van der Waals surface area contributed by atoms with Crippen molar-refractivity contribution in [3.63, 3.8) is 0 Å². The molecule has 1 aliphatic rings. The Labute approximate surface area is 185 Å². The minimum Gasteiger partial charge on any atom is -0.399 e. The molecule has 1 amide bonds. The summed E-state index contributed by atoms with van der Waals surface area (Å²) in [6.45, 7) is 2.76. The van der Waals surface area contributed by atoms with Crippen LogP contribution < -0.4 is 20.7 Å². The number of anilines is 4. The predicted molar refractivity (Wildman–Crippen MR) is 128 cm³/mol. The smallest absolute Gasteiger partial charge is 0.251 e. The van der Waals surface area contributed by atoms with Gasteiger partial charge in [-0.2, -0.15) is 0 Å². The van der Waals surface area contributed by atoms with Gasteiger partial charge in [0.25, 0.3) is 5.91 Å². The highest BCUT2D eigenvalue weighted by molar-refractivity contribution is 7.86. The fourth-order valence-electron chi connectivity index (χ4n) is 3.74. The van der Waals surface area contributed by atoms with Crippen molar-refractivity contribution in [2.75, 3.05) is 33.0 Å². The highest BCUT2D eigenvalue weighted by Crippen LogP contribution is 2.29. The fourth-order valence-corrected chi connectivity index (χ4v) is 5.10. The molecule has 0 spiro atoms. The summed E-state index contributed by atoms with van der Waals surface area (Å²) < 4.78 is 14.1. The number of nitrogen functional groups attached to an aromatic ring is 1. The zero-order valence-corrected chi connectivity index (χ0v) is 18.2. The Morgan fingerprint density at radius 3 is 2.52 bits per heavy atom. The molecule has 1 saturated heterocycles. The van der Waals surface area contributed by atoms with E-state index in [4.69, 9.17) is 5.73 Å². The van der Waals surface area contributed by atoms with Crippen LogP contribution in [-0.2, 0) is 15.8 Å². The number of nitrogens with zero attached hydrogens (tertiary/aromatic N) is 1. The first-order valence-corrected chi connectivity index (χ1v) is 11.5. The number of hydrogen-bond acceptors (Lipinski definition) is 4. The molecule has 2 unspecified atom stereocenters. The molecule has 1 heterocycles. The normalized spacial score (nSPS) is 16.7. The molecule has 1 fully saturated rings. The Balaban J connectivity index is 1.56. The first kappa shape index (κ1) is 20.9. The summed E-state index contributed by atoms with van der Waals surface area (Å²) in [7, 11) is -0.970. The maximum absolute atomic E-state index is 13.2. The van der Waals surface area contributed by atoms with Crippen LogP contribution in [0.3, 0.4) is 0 Å². The van der Waals surface area contributed by atoms with E-state index < -0.39 is 17.0 Å². The second-order valence-corrected chi connectivity index (χ2v) is 9.08. The molecule has 3 aromatic rings. The van der Waals surface area contributed by atoms with Crippen LogP contribution in [-0.4, -0.2) is 22.4 Å². The van der Waals surface area contributed by atoms with Crippen molar-refractivity contribution in [3.8, 4) is 0 Å². The van der Waals surface area contributed by atoms with E-state index in [1.54, 1.807) is 12.1 Å². The van der Waals surface area contributed by atoms with Crippen molar-refractivity contribution in [2.24, 2.45) is 0 Å². The molecule has 2 atom stereocenters. The molecule has 160 valence electrons. The van der Waals surface area contributed by atoms with E-state index in [-0.39, 0.29) is 5.91 Å². The van der Waals surface area contributed by atoms with Crippen LogP contribution in [0.4, 0.5) is 22.7 Å². The van der Waals surface area contributed by atoms with Gasteiger partial charge in [-0.3, -0.25) is 9.10 Å². The molecule has 0 aliphatic carbocycles. The van der Waals surface area contributed by atoms with Gasteiger partial charge >= 0.3 is 0 Å². The van der Waals surface area contributed by atoms with Gasteiger partial charge in [-0.1, -0.05) is 36.4 Å². The van der Waals surface area contributed by atoms with Crippen LogP contribution in [0.2, 0.25) is 0 Å². The van der Waals surface area contributed by atoms with Gasteiger partial charge in [0.1, 0.15) is 17.0 Å². The van der Waals surface area contributed by atoms with Crippen molar-refractivity contribution < 1.29 is 9.00 Å². The van der Waals surface area contributed by atoms with Crippen LogP contribution in [0.1, 0.15) is 23.6 Å². The first-order chi connectivity index (χ1) is 15.0. The van der Waals surface area contributed by atoms with E-state index in [2.05, 4.69) is 10.6 Å². The number of nitrogens with one attached hydrogen (secondary N) is 2. The van der Waals surface area contributed by atoms with Crippen molar-refractivity contribution in [2.45, 2.75) is 19.4 Å². The number of hydrogen-bond donors (Lipinski definition) is 3. The van der Waals surface area contributed by atoms with Gasteiger partial charge in [0, 0.05) is 29.4 Å². The largest absolute Gasteiger partial charge is 0.399 e. The highest BCUT2D eigenvalue weighted by Gasteiger charge is 2.23. The molecule has 0 aromatic heterocycles. The lowest BCUT2D eigenvalue weighted by molar-refractivity contribution is -0.117. The zero-order chi connectivity index (χ0) is 21.8. The molecule has 0 radical (unpaired) electrons. The minimum absolute atomic E-state index is 0.175. The molecule has 7 heteroatoms. The lowest BCUT2D eigenvalue weighted by Gasteiger charge is -2.22. The van der Waals surface area contributed by atoms with E-state index >= 15 is 0 Å². The number of carbonyl (C=O) groups excluding carboxylic acids is 1. The van der Waals surface area contributed by atoms with E-state index in [9.17, 15) is 9.00 Å². The lowest BCUT2D eigenvalue weighted by atomic mass is 10.1. The SMILES string of the molecule is Cc1cc(NC(=O)C(Nc2cccc(N)c2)c2ccccc2)ccc1N1CCCS1=O. The number of nitrogens with two attached hydrogens (primary N) is 1. The predicted octanol–water partition coefficient (Wildman–Crippen LogP) is 4.24. The first-order valence-electron chi connectivity index (χ1n) is 10.3. The van der Waals surface area contributed by atoms with Crippen LogP contribution >= 0.6 is 0 Å². The summed E-state index contributed by atoms with van der Waals surface area (Å²) in [5.74, 6) is 0.525. The quantitative estimate of drug-likeness (QED) is 0.506. The number of amides is 1. The lowest BCUT2D eigenvalue weighted by Crippen LogP contribution is -2.27. The van der Waals surface area contributed by atoms with Gasteiger partial charge in [0.15, 0.2) is 0 Å². The van der Waals surface area contributed by atoms with Crippen LogP contribution in [0.25, 0.3) is 0 Å². The van der Waals surface area contributed by atoms with Crippen LogP contribution in [0.5, 0.6) is 0 Å².